The summed E-state index contributed by atoms with van der Waals surface area (Å²) in [7, 11) is 0. The number of nitrogens with zero attached hydrogens (tertiary/aromatic N) is 2. The van der Waals surface area contributed by atoms with Gasteiger partial charge in [-0.15, -0.1) is 0 Å². The Hall–Kier alpha value is -3.14. The van der Waals surface area contributed by atoms with Gasteiger partial charge in [0.2, 0.25) is 0 Å². The number of carbonyl (C=O) groups is 2. The molecule has 2 aromatic heterocycles. The molecular formula is C17H19N5O5. The van der Waals surface area contributed by atoms with Gasteiger partial charge in [0, 0.05) is 48.9 Å². The third-order valence-corrected chi connectivity index (χ3v) is 4.80. The molecule has 2 amide bonds. The third-order valence-electron chi connectivity index (χ3n) is 4.80. The normalized spacial score (nSPS) is 19.0. The van der Waals surface area contributed by atoms with Crippen molar-refractivity contribution in [2.45, 2.75) is 25.5 Å². The summed E-state index contributed by atoms with van der Waals surface area (Å²) in [5.41, 5.74) is 1.62. The number of H-pyrrole nitrogens is 2. The molecule has 4 heterocycles. The molecule has 0 aromatic carbocycles. The lowest BCUT2D eigenvalue weighted by Crippen LogP contribution is -2.39. The Morgan fingerprint density at radius 3 is 3.04 bits per heavy atom. The van der Waals surface area contributed by atoms with Crippen molar-refractivity contribution in [3.8, 4) is 5.88 Å². The van der Waals surface area contributed by atoms with Crippen LogP contribution in [0.4, 0.5) is 0 Å². The van der Waals surface area contributed by atoms with Gasteiger partial charge in [-0.1, -0.05) is 0 Å². The number of carbonyl (C=O) groups excluding carboxylic acids is 2. The van der Waals surface area contributed by atoms with Crippen molar-refractivity contribution >= 4 is 11.8 Å². The fraction of sp³-hybridized carbons (Fsp3) is 0.412. The number of fused-ring (bicyclic) bond motifs is 1. The van der Waals surface area contributed by atoms with Gasteiger partial charge < -0.3 is 20.1 Å². The number of aromatic amines is 2. The van der Waals surface area contributed by atoms with Gasteiger partial charge in [0.1, 0.15) is 0 Å². The minimum Gasteiger partial charge on any atom is -0.494 e. The summed E-state index contributed by atoms with van der Waals surface area (Å²) >= 11 is 0. The molecule has 1 fully saturated rings. The Morgan fingerprint density at radius 2 is 2.22 bits per heavy atom. The van der Waals surface area contributed by atoms with Crippen LogP contribution < -0.4 is 10.9 Å². The van der Waals surface area contributed by atoms with E-state index in [0.29, 0.717) is 44.8 Å². The van der Waals surface area contributed by atoms with Crippen LogP contribution in [-0.4, -0.2) is 62.7 Å². The van der Waals surface area contributed by atoms with Gasteiger partial charge in [-0.3, -0.25) is 24.5 Å². The minimum atomic E-state index is -0.561. The van der Waals surface area contributed by atoms with Crippen molar-refractivity contribution in [3.05, 3.63) is 45.0 Å². The molecule has 142 valence electrons. The molecular weight excluding hydrogens is 354 g/mol. The highest BCUT2D eigenvalue weighted by Crippen LogP contribution is 2.21. The molecule has 1 saturated heterocycles. The Kier molecular flexibility index (Phi) is 4.40. The van der Waals surface area contributed by atoms with Crippen LogP contribution in [-0.2, 0) is 17.8 Å². The summed E-state index contributed by atoms with van der Waals surface area (Å²) in [6.07, 6.45) is 1.30. The maximum Gasteiger partial charge on any atom is 0.274 e. The first-order valence-corrected chi connectivity index (χ1v) is 8.68. The average molecular weight is 373 g/mol. The number of amides is 2. The van der Waals surface area contributed by atoms with Crippen LogP contribution >= 0.6 is 0 Å². The third kappa shape index (κ3) is 3.43. The van der Waals surface area contributed by atoms with Gasteiger partial charge in [-0.05, 0) is 6.42 Å². The summed E-state index contributed by atoms with van der Waals surface area (Å²) in [6, 6.07) is 2.06. The van der Waals surface area contributed by atoms with Crippen LogP contribution in [0.2, 0.25) is 0 Å². The van der Waals surface area contributed by atoms with Crippen LogP contribution in [0.3, 0.4) is 0 Å². The summed E-state index contributed by atoms with van der Waals surface area (Å²) in [5.74, 6) is -1.04. The zero-order valence-electron chi connectivity index (χ0n) is 14.4. The average Bonchev–Trinajstić information content (AvgIpc) is 3.27. The molecule has 0 aliphatic carbocycles. The lowest BCUT2D eigenvalue weighted by molar-refractivity contribution is 0.0764. The first-order valence-electron chi connectivity index (χ1n) is 8.68. The zero-order valence-corrected chi connectivity index (χ0v) is 14.4. The van der Waals surface area contributed by atoms with Crippen molar-refractivity contribution in [3.63, 3.8) is 0 Å². The molecule has 10 heteroatoms. The maximum absolute atomic E-state index is 12.8. The molecule has 4 rings (SSSR count). The van der Waals surface area contributed by atoms with E-state index in [2.05, 4.69) is 20.5 Å². The van der Waals surface area contributed by atoms with E-state index in [-0.39, 0.29) is 23.4 Å². The highest BCUT2D eigenvalue weighted by molar-refractivity contribution is 5.95. The largest absolute Gasteiger partial charge is 0.494 e. The number of pyridine rings is 1. The van der Waals surface area contributed by atoms with E-state index in [9.17, 15) is 19.5 Å². The van der Waals surface area contributed by atoms with Crippen LogP contribution in [0.15, 0.2) is 16.9 Å². The van der Waals surface area contributed by atoms with Crippen molar-refractivity contribution in [1.29, 1.82) is 0 Å². The van der Waals surface area contributed by atoms with Crippen molar-refractivity contribution in [2.75, 3.05) is 19.7 Å². The fourth-order valence-corrected chi connectivity index (χ4v) is 3.43. The highest BCUT2D eigenvalue weighted by Gasteiger charge is 2.32. The number of likely N-dealkylation sites (tertiary alicyclic amines) is 1. The standard InChI is InChI=1S/C17H19N5O5/c23-13-5-9(6-14(24)19-13)16(25)18-10-1-3-22(7-10)17(26)15-11-8-27-4-2-12(11)20-21-15/h5-6,10H,1-4,7-8H2,(H,18,25)(H,20,21)(H2,19,23,24)/t10-/m1/s1. The van der Waals surface area contributed by atoms with Crippen LogP contribution in [0.5, 0.6) is 5.88 Å². The van der Waals surface area contributed by atoms with Crippen LogP contribution in [0.25, 0.3) is 0 Å². The number of nitrogens with one attached hydrogen (secondary N) is 3. The van der Waals surface area contributed by atoms with Crippen molar-refractivity contribution in [2.24, 2.45) is 0 Å². The monoisotopic (exact) mass is 373 g/mol. The lowest BCUT2D eigenvalue weighted by Gasteiger charge is -2.18. The first kappa shape index (κ1) is 17.3. The van der Waals surface area contributed by atoms with Crippen molar-refractivity contribution in [1.82, 2.24) is 25.4 Å². The number of aromatic hydroxyl groups is 1. The Labute approximate surface area is 153 Å². The van der Waals surface area contributed by atoms with Crippen LogP contribution in [0, 0.1) is 0 Å². The molecule has 0 unspecified atom stereocenters. The van der Waals surface area contributed by atoms with Gasteiger partial charge in [-0.25, -0.2) is 0 Å². The van der Waals surface area contributed by atoms with Gasteiger partial charge in [-0.2, -0.15) is 5.10 Å². The molecule has 0 spiro atoms. The first-order chi connectivity index (χ1) is 13.0. The second kappa shape index (κ2) is 6.88. The number of hydrogen-bond acceptors (Lipinski definition) is 6. The molecule has 27 heavy (non-hydrogen) atoms. The summed E-state index contributed by atoms with van der Waals surface area (Å²) in [4.78, 5) is 40.2. The van der Waals surface area contributed by atoms with E-state index in [4.69, 9.17) is 4.74 Å². The summed E-state index contributed by atoms with van der Waals surface area (Å²) in [6.45, 7) is 1.82. The predicted molar refractivity (Wildman–Crippen MR) is 92.4 cm³/mol. The quantitative estimate of drug-likeness (QED) is 0.573. The van der Waals surface area contributed by atoms with Gasteiger partial charge in [0.05, 0.1) is 18.8 Å². The minimum absolute atomic E-state index is 0.0690. The fourth-order valence-electron chi connectivity index (χ4n) is 3.43. The molecule has 4 N–H and O–H groups in total. The van der Waals surface area contributed by atoms with E-state index >= 15 is 0 Å². The van der Waals surface area contributed by atoms with E-state index < -0.39 is 11.5 Å². The molecule has 10 nitrogen and oxygen atoms in total. The van der Waals surface area contributed by atoms with Gasteiger partial charge >= 0.3 is 0 Å². The van der Waals surface area contributed by atoms with E-state index in [1.54, 1.807) is 4.90 Å². The molecule has 1 atom stereocenters. The van der Waals surface area contributed by atoms with E-state index in [1.807, 2.05) is 0 Å². The van der Waals surface area contributed by atoms with E-state index in [1.165, 1.54) is 6.07 Å². The zero-order chi connectivity index (χ0) is 19.0. The predicted octanol–water partition coefficient (Wildman–Crippen LogP) is -0.479. The Bertz CT molecular complexity index is 949. The van der Waals surface area contributed by atoms with Gasteiger partial charge in [0.25, 0.3) is 17.4 Å². The molecule has 0 radical (unpaired) electrons. The molecule has 2 aliphatic rings. The summed E-state index contributed by atoms with van der Waals surface area (Å²) in [5, 5.41) is 19.3. The van der Waals surface area contributed by atoms with E-state index in [0.717, 1.165) is 17.3 Å². The molecule has 0 bridgehead atoms. The number of hydrogen-bond donors (Lipinski definition) is 4. The lowest BCUT2D eigenvalue weighted by atomic mass is 10.1. The Balaban J connectivity index is 1.41. The maximum atomic E-state index is 12.8. The smallest absolute Gasteiger partial charge is 0.274 e. The van der Waals surface area contributed by atoms with Gasteiger partial charge in [0.15, 0.2) is 11.6 Å². The second-order valence-electron chi connectivity index (χ2n) is 6.66. The van der Waals surface area contributed by atoms with Crippen molar-refractivity contribution < 1.29 is 19.4 Å². The van der Waals surface area contributed by atoms with Crippen LogP contribution in [0.1, 0.15) is 38.5 Å². The number of aromatic nitrogens is 3. The number of rotatable bonds is 3. The SMILES string of the molecule is O=C(N[C@@H]1CCN(C(=O)c2n[nH]c3c2COCC3)C1)c1cc(O)[nH]c(=O)c1. The Morgan fingerprint density at radius 1 is 1.37 bits per heavy atom. The second-order valence-corrected chi connectivity index (χ2v) is 6.66. The molecule has 2 aliphatic heterocycles. The number of ether oxygens (including phenoxy) is 1. The topological polar surface area (TPSA) is 140 Å². The molecule has 0 saturated carbocycles. The summed E-state index contributed by atoms with van der Waals surface area (Å²) < 4.78 is 5.41. The molecule has 2 aromatic rings. The highest BCUT2D eigenvalue weighted by atomic mass is 16.5.